The summed E-state index contributed by atoms with van der Waals surface area (Å²) in [6, 6.07) is 9.54. The maximum Gasteiger partial charge on any atom is 0.306 e. The number of benzene rings is 1. The monoisotopic (exact) mass is 320 g/mol. The maximum absolute atomic E-state index is 12.0. The highest BCUT2D eigenvalue weighted by Crippen LogP contribution is 2.35. The lowest BCUT2D eigenvalue weighted by Crippen LogP contribution is -2.40. The first kappa shape index (κ1) is 17.6. The fourth-order valence-corrected chi connectivity index (χ4v) is 2.93. The van der Waals surface area contributed by atoms with Gasteiger partial charge in [0.15, 0.2) is 5.79 Å². The molecule has 0 N–H and O–H groups in total. The van der Waals surface area contributed by atoms with Crippen LogP contribution in [0.4, 0.5) is 0 Å². The van der Waals surface area contributed by atoms with Gasteiger partial charge in [-0.15, -0.1) is 0 Å². The van der Waals surface area contributed by atoms with Crippen LogP contribution in [0.1, 0.15) is 32.3 Å². The molecule has 1 aromatic rings. The number of hydrogen-bond donors (Lipinski definition) is 0. The fraction of sp³-hybridized carbons (Fsp3) is 0.556. The molecule has 2 unspecified atom stereocenters. The zero-order chi connectivity index (χ0) is 16.7. The molecule has 0 aliphatic carbocycles. The van der Waals surface area contributed by atoms with E-state index in [2.05, 4.69) is 0 Å². The SMILES string of the molecule is CC(C=O)C(CCC(=O)OCc1ccccc1)C1(C)OCCO1. The van der Waals surface area contributed by atoms with Crippen LogP contribution in [-0.2, 0) is 30.4 Å². The van der Waals surface area contributed by atoms with Crippen LogP contribution >= 0.6 is 0 Å². The minimum atomic E-state index is -0.806. The highest BCUT2D eigenvalue weighted by atomic mass is 16.7. The molecule has 5 heteroatoms. The maximum atomic E-state index is 12.0. The third kappa shape index (κ3) is 4.88. The average Bonchev–Trinajstić information content (AvgIpc) is 3.01. The third-order valence-electron chi connectivity index (χ3n) is 4.29. The van der Waals surface area contributed by atoms with Crippen molar-refractivity contribution in [3.63, 3.8) is 0 Å². The summed E-state index contributed by atoms with van der Waals surface area (Å²) in [6.07, 6.45) is 1.61. The van der Waals surface area contributed by atoms with Crippen molar-refractivity contribution in [3.05, 3.63) is 35.9 Å². The normalized spacial score (nSPS) is 19.0. The number of rotatable bonds is 8. The van der Waals surface area contributed by atoms with Gasteiger partial charge in [0.1, 0.15) is 12.9 Å². The van der Waals surface area contributed by atoms with Gasteiger partial charge < -0.3 is 19.0 Å². The molecule has 1 aliphatic rings. The quantitative estimate of drug-likeness (QED) is 0.544. The lowest BCUT2D eigenvalue weighted by atomic mass is 9.84. The molecule has 1 fully saturated rings. The number of aldehydes is 1. The lowest BCUT2D eigenvalue weighted by molar-refractivity contribution is -0.194. The van der Waals surface area contributed by atoms with E-state index in [4.69, 9.17) is 14.2 Å². The summed E-state index contributed by atoms with van der Waals surface area (Å²) in [5.41, 5.74) is 0.952. The Kier molecular flexibility index (Phi) is 6.30. The number of hydrogen-bond acceptors (Lipinski definition) is 5. The molecule has 0 bridgehead atoms. The smallest absolute Gasteiger partial charge is 0.306 e. The number of esters is 1. The van der Waals surface area contributed by atoms with E-state index in [1.54, 1.807) is 0 Å². The van der Waals surface area contributed by atoms with E-state index in [1.807, 2.05) is 44.2 Å². The Morgan fingerprint density at radius 1 is 1.30 bits per heavy atom. The van der Waals surface area contributed by atoms with Gasteiger partial charge in [0.2, 0.25) is 0 Å². The second-order valence-electron chi connectivity index (χ2n) is 6.00. The second kappa shape index (κ2) is 8.22. The van der Waals surface area contributed by atoms with Gasteiger partial charge in [-0.25, -0.2) is 0 Å². The topological polar surface area (TPSA) is 61.8 Å². The van der Waals surface area contributed by atoms with E-state index in [9.17, 15) is 9.59 Å². The summed E-state index contributed by atoms with van der Waals surface area (Å²) in [7, 11) is 0. The van der Waals surface area contributed by atoms with Crippen LogP contribution in [0.15, 0.2) is 30.3 Å². The molecule has 0 saturated carbocycles. The van der Waals surface area contributed by atoms with E-state index >= 15 is 0 Å². The molecule has 5 nitrogen and oxygen atoms in total. The minimum absolute atomic E-state index is 0.174. The van der Waals surface area contributed by atoms with Crippen LogP contribution in [0.3, 0.4) is 0 Å². The average molecular weight is 320 g/mol. The fourth-order valence-electron chi connectivity index (χ4n) is 2.93. The first-order valence-electron chi connectivity index (χ1n) is 7.98. The molecular weight excluding hydrogens is 296 g/mol. The van der Waals surface area contributed by atoms with Crippen LogP contribution in [-0.4, -0.2) is 31.3 Å². The predicted molar refractivity (Wildman–Crippen MR) is 84.5 cm³/mol. The van der Waals surface area contributed by atoms with Crippen molar-refractivity contribution >= 4 is 12.3 Å². The van der Waals surface area contributed by atoms with Crippen molar-refractivity contribution in [1.29, 1.82) is 0 Å². The van der Waals surface area contributed by atoms with Gasteiger partial charge >= 0.3 is 5.97 Å². The molecule has 0 spiro atoms. The van der Waals surface area contributed by atoms with E-state index in [-0.39, 0.29) is 30.8 Å². The second-order valence-corrected chi connectivity index (χ2v) is 6.00. The predicted octanol–water partition coefficient (Wildman–Crippen LogP) is 2.72. The Morgan fingerprint density at radius 2 is 1.96 bits per heavy atom. The molecule has 1 aromatic carbocycles. The molecular formula is C18H24O5. The number of carbonyl (C=O) groups excluding carboxylic acids is 2. The van der Waals surface area contributed by atoms with Crippen LogP contribution in [0.5, 0.6) is 0 Å². The minimum Gasteiger partial charge on any atom is -0.461 e. The van der Waals surface area contributed by atoms with Gasteiger partial charge in [-0.05, 0) is 18.9 Å². The third-order valence-corrected chi connectivity index (χ3v) is 4.29. The van der Waals surface area contributed by atoms with Crippen molar-refractivity contribution in [2.75, 3.05) is 13.2 Å². The van der Waals surface area contributed by atoms with Crippen LogP contribution in [0.25, 0.3) is 0 Å². The van der Waals surface area contributed by atoms with Crippen molar-refractivity contribution in [2.24, 2.45) is 11.8 Å². The van der Waals surface area contributed by atoms with E-state index in [0.717, 1.165) is 11.8 Å². The zero-order valence-corrected chi connectivity index (χ0v) is 13.7. The molecule has 126 valence electrons. The number of ether oxygens (including phenoxy) is 3. The molecule has 2 rings (SSSR count). The molecule has 0 aromatic heterocycles. The first-order chi connectivity index (χ1) is 11.0. The Labute approximate surface area is 136 Å². The molecule has 2 atom stereocenters. The van der Waals surface area contributed by atoms with Crippen molar-refractivity contribution < 1.29 is 23.8 Å². The van der Waals surface area contributed by atoms with E-state index in [1.165, 1.54) is 0 Å². The van der Waals surface area contributed by atoms with Gasteiger partial charge in [-0.2, -0.15) is 0 Å². The highest BCUT2D eigenvalue weighted by molar-refractivity contribution is 5.69. The van der Waals surface area contributed by atoms with Gasteiger partial charge in [0.05, 0.1) is 13.2 Å². The van der Waals surface area contributed by atoms with Gasteiger partial charge in [0, 0.05) is 18.3 Å². The molecule has 0 radical (unpaired) electrons. The summed E-state index contributed by atoms with van der Waals surface area (Å²) in [5.74, 6) is -1.51. The van der Waals surface area contributed by atoms with Gasteiger partial charge in [-0.1, -0.05) is 37.3 Å². The molecule has 23 heavy (non-hydrogen) atoms. The van der Waals surface area contributed by atoms with Crippen LogP contribution in [0, 0.1) is 11.8 Å². The summed E-state index contributed by atoms with van der Waals surface area (Å²) >= 11 is 0. The molecule has 1 saturated heterocycles. The van der Waals surface area contributed by atoms with Gasteiger partial charge in [-0.3, -0.25) is 4.79 Å². The largest absolute Gasteiger partial charge is 0.461 e. The molecule has 1 heterocycles. The Hall–Kier alpha value is -1.72. The van der Waals surface area contributed by atoms with Crippen LogP contribution in [0.2, 0.25) is 0 Å². The standard InChI is InChI=1S/C18H24O5/c1-14(12-19)16(18(2)22-10-11-23-18)8-9-17(20)21-13-15-6-4-3-5-7-15/h3-7,12,14,16H,8-11,13H2,1-2H3. The van der Waals surface area contributed by atoms with E-state index in [0.29, 0.717) is 19.6 Å². The Bertz CT molecular complexity index is 507. The van der Waals surface area contributed by atoms with Crippen molar-refractivity contribution in [2.45, 2.75) is 39.1 Å². The van der Waals surface area contributed by atoms with Crippen molar-refractivity contribution in [3.8, 4) is 0 Å². The first-order valence-corrected chi connectivity index (χ1v) is 7.98. The van der Waals surface area contributed by atoms with Gasteiger partial charge in [0.25, 0.3) is 0 Å². The van der Waals surface area contributed by atoms with Crippen LogP contribution < -0.4 is 0 Å². The zero-order valence-electron chi connectivity index (χ0n) is 13.7. The van der Waals surface area contributed by atoms with E-state index < -0.39 is 5.79 Å². The number of carbonyl (C=O) groups is 2. The Balaban J connectivity index is 1.85. The highest BCUT2D eigenvalue weighted by Gasteiger charge is 2.42. The lowest BCUT2D eigenvalue weighted by Gasteiger charge is -2.34. The summed E-state index contributed by atoms with van der Waals surface area (Å²) in [6.45, 7) is 4.94. The molecule has 1 aliphatic heterocycles. The summed E-state index contributed by atoms with van der Waals surface area (Å²) < 4.78 is 16.6. The summed E-state index contributed by atoms with van der Waals surface area (Å²) in [4.78, 5) is 23.1. The molecule has 0 amide bonds. The Morgan fingerprint density at radius 3 is 2.57 bits per heavy atom. The summed E-state index contributed by atoms with van der Waals surface area (Å²) in [5, 5.41) is 0. The van der Waals surface area contributed by atoms with Crippen molar-refractivity contribution in [1.82, 2.24) is 0 Å².